The number of amides is 2. The molecule has 1 aromatic heterocycles. The van der Waals surface area contributed by atoms with Gasteiger partial charge in [0.05, 0.1) is 16.8 Å². The summed E-state index contributed by atoms with van der Waals surface area (Å²) in [6, 6.07) is 9.21. The van der Waals surface area contributed by atoms with Crippen molar-refractivity contribution in [1.29, 1.82) is 0 Å². The fourth-order valence-electron chi connectivity index (χ4n) is 2.65. The molecule has 0 aliphatic carbocycles. The third kappa shape index (κ3) is 3.60. The number of piperazine rings is 1. The molecule has 0 spiro atoms. The molecule has 0 saturated carbocycles. The van der Waals surface area contributed by atoms with Crippen LogP contribution in [0.2, 0.25) is 0 Å². The van der Waals surface area contributed by atoms with E-state index in [9.17, 15) is 9.59 Å². The molecule has 1 aliphatic rings. The highest BCUT2D eigenvalue weighted by Crippen LogP contribution is 2.19. The number of carbonyl (C=O) groups is 2. The summed E-state index contributed by atoms with van der Waals surface area (Å²) in [6.07, 6.45) is 0. The molecule has 1 aromatic carbocycles. The Bertz CT molecular complexity index is 700. The molecule has 5 nitrogen and oxygen atoms in total. The number of anilines is 1. The number of nitrogens with one attached hydrogen (secondary N) is 2. The summed E-state index contributed by atoms with van der Waals surface area (Å²) < 4.78 is 0. The predicted molar refractivity (Wildman–Crippen MR) is 92.1 cm³/mol. The molecule has 2 heterocycles. The minimum atomic E-state index is -0.194. The summed E-state index contributed by atoms with van der Waals surface area (Å²) in [6.45, 7) is 4.20. The minimum Gasteiger partial charge on any atom is -0.336 e. The van der Waals surface area contributed by atoms with Gasteiger partial charge < -0.3 is 15.5 Å². The van der Waals surface area contributed by atoms with E-state index < -0.39 is 0 Å². The van der Waals surface area contributed by atoms with Gasteiger partial charge in [-0.25, -0.2) is 0 Å². The quantitative estimate of drug-likeness (QED) is 0.909. The van der Waals surface area contributed by atoms with Crippen LogP contribution in [0.3, 0.4) is 0 Å². The molecule has 2 aromatic rings. The smallest absolute Gasteiger partial charge is 0.256 e. The van der Waals surface area contributed by atoms with Crippen molar-refractivity contribution in [3.05, 3.63) is 52.2 Å². The zero-order valence-corrected chi connectivity index (χ0v) is 13.7. The fraction of sp³-hybridized carbons (Fsp3) is 0.294. The largest absolute Gasteiger partial charge is 0.336 e. The number of hydrogen-bond donors (Lipinski definition) is 2. The normalized spacial score (nSPS) is 17.8. The first-order valence-corrected chi connectivity index (χ1v) is 8.54. The maximum atomic E-state index is 12.8. The molecule has 0 radical (unpaired) electrons. The van der Waals surface area contributed by atoms with E-state index >= 15 is 0 Å². The average Bonchev–Trinajstić information content (AvgIpc) is 3.09. The van der Waals surface area contributed by atoms with Gasteiger partial charge >= 0.3 is 0 Å². The van der Waals surface area contributed by atoms with Gasteiger partial charge in [-0.05, 0) is 30.5 Å². The van der Waals surface area contributed by atoms with E-state index in [0.717, 1.165) is 6.54 Å². The van der Waals surface area contributed by atoms with Gasteiger partial charge in [0.1, 0.15) is 0 Å². The van der Waals surface area contributed by atoms with Crippen molar-refractivity contribution < 1.29 is 9.59 Å². The lowest BCUT2D eigenvalue weighted by molar-refractivity contribution is 0.0710. The van der Waals surface area contributed by atoms with Crippen molar-refractivity contribution in [3.8, 4) is 0 Å². The summed E-state index contributed by atoms with van der Waals surface area (Å²) in [5.74, 6) is -0.236. The Morgan fingerprint density at radius 1 is 1.30 bits per heavy atom. The highest BCUT2D eigenvalue weighted by atomic mass is 32.1. The van der Waals surface area contributed by atoms with Crippen LogP contribution in [0.1, 0.15) is 27.6 Å². The van der Waals surface area contributed by atoms with E-state index in [1.54, 1.807) is 23.6 Å². The first-order valence-electron chi connectivity index (χ1n) is 7.60. The van der Waals surface area contributed by atoms with Gasteiger partial charge in [0.2, 0.25) is 0 Å². The Labute approximate surface area is 139 Å². The van der Waals surface area contributed by atoms with Crippen molar-refractivity contribution >= 4 is 28.8 Å². The van der Waals surface area contributed by atoms with Crippen LogP contribution in [0.5, 0.6) is 0 Å². The topological polar surface area (TPSA) is 61.4 Å². The summed E-state index contributed by atoms with van der Waals surface area (Å²) in [4.78, 5) is 26.9. The lowest BCUT2D eigenvalue weighted by atomic mass is 10.1. The second-order valence-corrected chi connectivity index (χ2v) is 6.40. The van der Waals surface area contributed by atoms with Gasteiger partial charge in [-0.2, -0.15) is 11.3 Å². The van der Waals surface area contributed by atoms with E-state index in [4.69, 9.17) is 0 Å². The molecule has 23 heavy (non-hydrogen) atoms. The minimum absolute atomic E-state index is 0.0421. The molecule has 1 unspecified atom stereocenters. The van der Waals surface area contributed by atoms with Crippen LogP contribution in [0.15, 0.2) is 41.1 Å². The van der Waals surface area contributed by atoms with Gasteiger partial charge in [-0.3, -0.25) is 9.59 Å². The van der Waals surface area contributed by atoms with Crippen LogP contribution in [0, 0.1) is 0 Å². The number of rotatable bonds is 3. The van der Waals surface area contributed by atoms with Crippen LogP contribution < -0.4 is 10.6 Å². The predicted octanol–water partition coefficient (Wildman–Crippen LogP) is 2.43. The molecular formula is C17H19N3O2S. The summed E-state index contributed by atoms with van der Waals surface area (Å²) >= 11 is 1.47. The summed E-state index contributed by atoms with van der Waals surface area (Å²) in [5, 5.41) is 9.81. The standard InChI is InChI=1S/C17H19N3O2S/c1-12-10-20(8-7-18-12)17(22)14-4-2-3-5-15(14)19-16(21)13-6-9-23-11-13/h2-6,9,11-12,18H,7-8,10H2,1H3,(H,19,21). The Balaban J connectivity index is 1.80. The lowest BCUT2D eigenvalue weighted by Crippen LogP contribution is -2.51. The number of para-hydroxylation sites is 1. The fourth-order valence-corrected chi connectivity index (χ4v) is 3.29. The van der Waals surface area contributed by atoms with Gasteiger partial charge in [0, 0.05) is 31.1 Å². The lowest BCUT2D eigenvalue weighted by Gasteiger charge is -2.32. The Hall–Kier alpha value is -2.18. The Morgan fingerprint density at radius 3 is 2.87 bits per heavy atom. The van der Waals surface area contributed by atoms with E-state index in [0.29, 0.717) is 29.9 Å². The second-order valence-electron chi connectivity index (χ2n) is 5.62. The summed E-state index contributed by atoms with van der Waals surface area (Å²) in [7, 11) is 0. The number of carbonyl (C=O) groups excluding carboxylic acids is 2. The number of thiophene rings is 1. The molecule has 0 bridgehead atoms. The third-order valence-electron chi connectivity index (χ3n) is 3.85. The van der Waals surface area contributed by atoms with Crippen molar-refractivity contribution in [3.63, 3.8) is 0 Å². The zero-order valence-electron chi connectivity index (χ0n) is 12.9. The first-order chi connectivity index (χ1) is 11.1. The third-order valence-corrected chi connectivity index (χ3v) is 4.53. The number of hydrogen-bond acceptors (Lipinski definition) is 4. The molecule has 120 valence electrons. The SMILES string of the molecule is CC1CN(C(=O)c2ccccc2NC(=O)c2ccsc2)CCN1. The van der Waals surface area contributed by atoms with Crippen molar-refractivity contribution in [2.75, 3.05) is 25.0 Å². The van der Waals surface area contributed by atoms with E-state index in [-0.39, 0.29) is 17.9 Å². The van der Waals surface area contributed by atoms with Crippen LogP contribution in [-0.4, -0.2) is 42.4 Å². The molecule has 6 heteroatoms. The Kier molecular flexibility index (Phi) is 4.73. The van der Waals surface area contributed by atoms with Crippen LogP contribution >= 0.6 is 11.3 Å². The molecule has 1 saturated heterocycles. The zero-order chi connectivity index (χ0) is 16.2. The number of nitrogens with zero attached hydrogens (tertiary/aromatic N) is 1. The molecule has 1 fully saturated rings. The molecule has 1 aliphatic heterocycles. The van der Waals surface area contributed by atoms with Crippen LogP contribution in [0.25, 0.3) is 0 Å². The average molecular weight is 329 g/mol. The molecular weight excluding hydrogens is 310 g/mol. The highest BCUT2D eigenvalue weighted by molar-refractivity contribution is 7.08. The monoisotopic (exact) mass is 329 g/mol. The van der Waals surface area contributed by atoms with Crippen molar-refractivity contribution in [2.24, 2.45) is 0 Å². The molecule has 2 N–H and O–H groups in total. The maximum absolute atomic E-state index is 12.8. The second kappa shape index (κ2) is 6.93. The first kappa shape index (κ1) is 15.7. The van der Waals surface area contributed by atoms with Gasteiger partial charge in [-0.1, -0.05) is 12.1 Å². The van der Waals surface area contributed by atoms with Gasteiger partial charge in [-0.15, -0.1) is 0 Å². The molecule has 2 amide bonds. The Morgan fingerprint density at radius 2 is 2.13 bits per heavy atom. The molecule has 1 atom stereocenters. The molecule has 3 rings (SSSR count). The van der Waals surface area contributed by atoms with Crippen molar-refractivity contribution in [2.45, 2.75) is 13.0 Å². The van der Waals surface area contributed by atoms with Crippen molar-refractivity contribution in [1.82, 2.24) is 10.2 Å². The van der Waals surface area contributed by atoms with E-state index in [2.05, 4.69) is 17.6 Å². The maximum Gasteiger partial charge on any atom is 0.256 e. The van der Waals surface area contributed by atoms with Gasteiger partial charge in [0.25, 0.3) is 11.8 Å². The van der Waals surface area contributed by atoms with E-state index in [1.807, 2.05) is 22.4 Å². The summed E-state index contributed by atoms with van der Waals surface area (Å²) in [5.41, 5.74) is 1.69. The van der Waals surface area contributed by atoms with Crippen LogP contribution in [-0.2, 0) is 0 Å². The highest BCUT2D eigenvalue weighted by Gasteiger charge is 2.23. The van der Waals surface area contributed by atoms with E-state index in [1.165, 1.54) is 11.3 Å². The van der Waals surface area contributed by atoms with Crippen LogP contribution in [0.4, 0.5) is 5.69 Å². The van der Waals surface area contributed by atoms with Gasteiger partial charge in [0.15, 0.2) is 0 Å². The number of benzene rings is 1.